The van der Waals surface area contributed by atoms with Crippen LogP contribution >= 0.6 is 23.2 Å². The molecule has 0 unspecified atom stereocenters. The molecule has 7 heteroatoms. The monoisotopic (exact) mass is 422 g/mol. The number of benzene rings is 2. The van der Waals surface area contributed by atoms with Gasteiger partial charge in [-0.2, -0.15) is 0 Å². The molecule has 0 aromatic heterocycles. The van der Waals surface area contributed by atoms with Gasteiger partial charge in [-0.3, -0.25) is 9.59 Å². The molecule has 2 aromatic carbocycles. The Hall–Kier alpha value is -2.24. The largest absolute Gasteiger partial charge is 0.496 e. The number of ether oxygens (including phenoxy) is 1. The Balaban J connectivity index is 1.98. The van der Waals surface area contributed by atoms with E-state index in [2.05, 4.69) is 5.32 Å². The molecule has 0 atom stereocenters. The van der Waals surface area contributed by atoms with Gasteiger partial charge in [0.2, 0.25) is 11.8 Å². The maximum Gasteiger partial charge on any atom is 0.244 e. The minimum Gasteiger partial charge on any atom is -0.496 e. The molecular weight excluding hydrogens is 399 g/mol. The van der Waals surface area contributed by atoms with Gasteiger partial charge >= 0.3 is 0 Å². The molecule has 150 valence electrons. The quantitative estimate of drug-likeness (QED) is 0.630. The van der Waals surface area contributed by atoms with Crippen LogP contribution < -0.4 is 10.1 Å². The molecule has 2 amide bonds. The fourth-order valence-electron chi connectivity index (χ4n) is 2.83. The Morgan fingerprint density at radius 3 is 2.61 bits per heavy atom. The Labute approximate surface area is 175 Å². The Bertz CT molecular complexity index is 827. The lowest BCUT2D eigenvalue weighted by Gasteiger charge is -2.22. The summed E-state index contributed by atoms with van der Waals surface area (Å²) in [7, 11) is 1.61. The molecule has 5 nitrogen and oxygen atoms in total. The van der Waals surface area contributed by atoms with Gasteiger partial charge in [0.1, 0.15) is 5.75 Å². The van der Waals surface area contributed by atoms with Gasteiger partial charge < -0.3 is 15.0 Å². The molecule has 2 rings (SSSR count). The maximum atomic E-state index is 12.7. The van der Waals surface area contributed by atoms with E-state index in [4.69, 9.17) is 27.9 Å². The van der Waals surface area contributed by atoms with E-state index >= 15 is 0 Å². The lowest BCUT2D eigenvalue weighted by molar-refractivity contribution is -0.134. The second kappa shape index (κ2) is 10.9. The van der Waals surface area contributed by atoms with Crippen molar-refractivity contribution in [3.05, 3.63) is 58.1 Å². The number of methoxy groups -OCH3 is 1. The number of halogens is 2. The number of carbonyl (C=O) groups excluding carboxylic acids is 2. The SMILES string of the molecule is CCCN(CC(=O)Nc1cc(Cl)ccc1Cl)C(=O)CCc1ccccc1OC. The number of rotatable bonds is 9. The summed E-state index contributed by atoms with van der Waals surface area (Å²) >= 11 is 12.0. The van der Waals surface area contributed by atoms with E-state index in [1.54, 1.807) is 30.2 Å². The van der Waals surface area contributed by atoms with Crippen LogP contribution in [-0.4, -0.2) is 36.9 Å². The second-order valence-electron chi connectivity index (χ2n) is 6.30. The van der Waals surface area contributed by atoms with E-state index in [0.29, 0.717) is 35.1 Å². The zero-order valence-electron chi connectivity index (χ0n) is 16.0. The highest BCUT2D eigenvalue weighted by Crippen LogP contribution is 2.25. The number of hydrogen-bond acceptors (Lipinski definition) is 3. The molecule has 0 aliphatic rings. The van der Waals surface area contributed by atoms with Crippen LogP contribution in [0.15, 0.2) is 42.5 Å². The zero-order chi connectivity index (χ0) is 20.5. The van der Waals surface area contributed by atoms with E-state index < -0.39 is 0 Å². The number of para-hydroxylation sites is 1. The highest BCUT2D eigenvalue weighted by Gasteiger charge is 2.18. The van der Waals surface area contributed by atoms with Crippen molar-refractivity contribution in [2.45, 2.75) is 26.2 Å². The average molecular weight is 423 g/mol. The van der Waals surface area contributed by atoms with E-state index in [0.717, 1.165) is 17.7 Å². The fraction of sp³-hybridized carbons (Fsp3) is 0.333. The molecule has 0 heterocycles. The van der Waals surface area contributed by atoms with Crippen molar-refractivity contribution < 1.29 is 14.3 Å². The molecule has 0 fully saturated rings. The maximum absolute atomic E-state index is 12.7. The van der Waals surface area contributed by atoms with Gasteiger partial charge in [0.15, 0.2) is 0 Å². The zero-order valence-corrected chi connectivity index (χ0v) is 17.5. The van der Waals surface area contributed by atoms with Crippen LogP contribution in [0.4, 0.5) is 5.69 Å². The predicted molar refractivity (Wildman–Crippen MR) is 113 cm³/mol. The Morgan fingerprint density at radius 1 is 1.14 bits per heavy atom. The number of aryl methyl sites for hydroxylation is 1. The number of anilines is 1. The molecule has 0 saturated heterocycles. The van der Waals surface area contributed by atoms with Crippen LogP contribution in [0.25, 0.3) is 0 Å². The lowest BCUT2D eigenvalue weighted by atomic mass is 10.1. The second-order valence-corrected chi connectivity index (χ2v) is 7.14. The van der Waals surface area contributed by atoms with Gasteiger partial charge in [-0.1, -0.05) is 48.3 Å². The lowest BCUT2D eigenvalue weighted by Crippen LogP contribution is -2.38. The van der Waals surface area contributed by atoms with Crippen molar-refractivity contribution in [3.63, 3.8) is 0 Å². The summed E-state index contributed by atoms with van der Waals surface area (Å²) in [5.41, 5.74) is 1.39. The van der Waals surface area contributed by atoms with Crippen LogP contribution in [0.3, 0.4) is 0 Å². The van der Waals surface area contributed by atoms with Crippen LogP contribution in [0.1, 0.15) is 25.3 Å². The summed E-state index contributed by atoms with van der Waals surface area (Å²) in [6.07, 6.45) is 1.60. The fourth-order valence-corrected chi connectivity index (χ4v) is 3.16. The van der Waals surface area contributed by atoms with Gasteiger partial charge in [-0.25, -0.2) is 0 Å². The normalized spacial score (nSPS) is 10.4. The van der Waals surface area contributed by atoms with E-state index in [-0.39, 0.29) is 18.4 Å². The summed E-state index contributed by atoms with van der Waals surface area (Å²) in [5, 5.41) is 3.58. The first-order valence-corrected chi connectivity index (χ1v) is 9.84. The topological polar surface area (TPSA) is 58.6 Å². The van der Waals surface area contributed by atoms with Crippen molar-refractivity contribution in [1.82, 2.24) is 4.90 Å². The molecule has 0 spiro atoms. The molecule has 0 aliphatic heterocycles. The molecule has 0 aliphatic carbocycles. The molecule has 1 N–H and O–H groups in total. The molecule has 2 aromatic rings. The van der Waals surface area contributed by atoms with Gasteiger partial charge in [-0.15, -0.1) is 0 Å². The minimum atomic E-state index is -0.316. The van der Waals surface area contributed by atoms with Gasteiger partial charge in [0, 0.05) is 18.0 Å². The highest BCUT2D eigenvalue weighted by molar-refractivity contribution is 6.35. The van der Waals surface area contributed by atoms with E-state index in [1.807, 2.05) is 31.2 Å². The van der Waals surface area contributed by atoms with Crippen molar-refractivity contribution in [3.8, 4) is 5.75 Å². The first-order valence-electron chi connectivity index (χ1n) is 9.09. The van der Waals surface area contributed by atoms with Crippen LogP contribution in [0.2, 0.25) is 10.0 Å². The number of nitrogens with one attached hydrogen (secondary N) is 1. The van der Waals surface area contributed by atoms with E-state index in [1.165, 1.54) is 0 Å². The first-order chi connectivity index (χ1) is 13.4. The highest BCUT2D eigenvalue weighted by atomic mass is 35.5. The molecule has 0 saturated carbocycles. The summed E-state index contributed by atoms with van der Waals surface area (Å²) < 4.78 is 5.33. The summed E-state index contributed by atoms with van der Waals surface area (Å²) in [6.45, 7) is 2.43. The average Bonchev–Trinajstić information content (AvgIpc) is 2.68. The van der Waals surface area contributed by atoms with Crippen LogP contribution in [0.5, 0.6) is 5.75 Å². The van der Waals surface area contributed by atoms with Gasteiger partial charge in [0.05, 0.1) is 24.4 Å². The van der Waals surface area contributed by atoms with Gasteiger partial charge in [-0.05, 0) is 42.7 Å². The third-order valence-electron chi connectivity index (χ3n) is 4.18. The third kappa shape index (κ3) is 6.43. The van der Waals surface area contributed by atoms with Crippen molar-refractivity contribution >= 4 is 40.7 Å². The van der Waals surface area contributed by atoms with Crippen molar-refractivity contribution in [2.75, 3.05) is 25.5 Å². The smallest absolute Gasteiger partial charge is 0.244 e. The number of carbonyl (C=O) groups is 2. The molecule has 0 radical (unpaired) electrons. The minimum absolute atomic E-state index is 0.0402. The number of nitrogens with zero attached hydrogens (tertiary/aromatic N) is 1. The van der Waals surface area contributed by atoms with Crippen molar-refractivity contribution in [2.24, 2.45) is 0 Å². The standard InChI is InChI=1S/C21H24Cl2N2O3/c1-3-12-25(14-20(26)24-18-13-16(22)9-10-17(18)23)21(27)11-8-15-6-4-5-7-19(15)28-2/h4-7,9-10,13H,3,8,11-12,14H2,1-2H3,(H,24,26). The first kappa shape index (κ1) is 22.1. The third-order valence-corrected chi connectivity index (χ3v) is 4.75. The number of amides is 2. The van der Waals surface area contributed by atoms with Crippen LogP contribution in [0, 0.1) is 0 Å². The Morgan fingerprint density at radius 2 is 1.89 bits per heavy atom. The predicted octanol–water partition coefficient (Wildman–Crippen LogP) is 4.81. The van der Waals surface area contributed by atoms with Crippen molar-refractivity contribution in [1.29, 1.82) is 0 Å². The Kier molecular flexibility index (Phi) is 8.61. The molecule has 0 bridgehead atoms. The van der Waals surface area contributed by atoms with Gasteiger partial charge in [0.25, 0.3) is 0 Å². The summed E-state index contributed by atoms with van der Waals surface area (Å²) in [6, 6.07) is 12.4. The summed E-state index contributed by atoms with van der Waals surface area (Å²) in [5.74, 6) is 0.356. The summed E-state index contributed by atoms with van der Waals surface area (Å²) in [4.78, 5) is 26.6. The van der Waals surface area contributed by atoms with E-state index in [9.17, 15) is 9.59 Å². The molecular formula is C21H24Cl2N2O3. The van der Waals surface area contributed by atoms with Crippen LogP contribution in [-0.2, 0) is 16.0 Å². The molecule has 28 heavy (non-hydrogen) atoms. The number of hydrogen-bond donors (Lipinski definition) is 1.